The molecule has 48 heavy (non-hydrogen) atoms. The van der Waals surface area contributed by atoms with Crippen LogP contribution >= 0.6 is 0 Å². The number of rotatable bonds is 11. The Morgan fingerprint density at radius 3 is 1.67 bits per heavy atom. The Labute approximate surface area is 281 Å². The van der Waals surface area contributed by atoms with Crippen molar-refractivity contribution >= 4 is 0 Å². The van der Waals surface area contributed by atoms with Gasteiger partial charge in [-0.1, -0.05) is 116 Å². The van der Waals surface area contributed by atoms with Gasteiger partial charge in [0.2, 0.25) is 11.8 Å². The highest BCUT2D eigenvalue weighted by Crippen LogP contribution is 2.36. The van der Waals surface area contributed by atoms with Crippen molar-refractivity contribution in [3.05, 3.63) is 144 Å². The van der Waals surface area contributed by atoms with Crippen LogP contribution < -0.4 is 9.47 Å². The summed E-state index contributed by atoms with van der Waals surface area (Å²) in [6.07, 6.45) is 1.07. The highest BCUT2D eigenvalue weighted by Gasteiger charge is 2.20. The minimum absolute atomic E-state index is 0.299. The lowest BCUT2D eigenvalue weighted by molar-refractivity contribution is 0.213. The lowest BCUT2D eigenvalue weighted by atomic mass is 9.97. The van der Waals surface area contributed by atoms with E-state index < -0.39 is 0 Å². The first-order valence-electron chi connectivity index (χ1n) is 16.0. The highest BCUT2D eigenvalue weighted by molar-refractivity contribution is 5.79. The topological polar surface area (TPSA) is 91.8 Å². The number of ether oxygens (including phenoxy) is 2. The minimum atomic E-state index is -0.299. The van der Waals surface area contributed by atoms with Crippen molar-refractivity contribution in [2.75, 3.05) is 6.61 Å². The van der Waals surface area contributed by atoms with Crippen molar-refractivity contribution < 1.29 is 9.47 Å². The van der Waals surface area contributed by atoms with Crippen molar-refractivity contribution in [3.8, 4) is 68.7 Å². The van der Waals surface area contributed by atoms with Crippen molar-refractivity contribution in [2.24, 2.45) is 0 Å². The van der Waals surface area contributed by atoms with E-state index in [0.29, 0.717) is 41.6 Å². The maximum atomic E-state index is 10.3. The van der Waals surface area contributed by atoms with Gasteiger partial charge in [0.15, 0.2) is 0 Å². The second-order valence-corrected chi connectivity index (χ2v) is 11.5. The molecule has 0 amide bonds. The largest absolute Gasteiger partial charge is 0.477 e. The fraction of sp³-hybridized carbons (Fsp3) is 0.143. The summed E-state index contributed by atoms with van der Waals surface area (Å²) in [5.74, 6) is 0.640. The van der Waals surface area contributed by atoms with Crippen LogP contribution in [0.15, 0.2) is 127 Å². The lowest BCUT2D eigenvalue weighted by Gasteiger charge is -2.18. The molecular formula is C42H34N4O2. The first-order chi connectivity index (χ1) is 23.6. The summed E-state index contributed by atoms with van der Waals surface area (Å²) in [4.78, 5) is 9.64. The first kappa shape index (κ1) is 31.7. The summed E-state index contributed by atoms with van der Waals surface area (Å²) in [6, 6.07) is 46.3. The van der Waals surface area contributed by atoms with Crippen LogP contribution in [-0.2, 0) is 6.42 Å². The van der Waals surface area contributed by atoms with Crippen LogP contribution in [0.4, 0.5) is 0 Å². The third-order valence-corrected chi connectivity index (χ3v) is 7.94. The number of benzene rings is 4. The van der Waals surface area contributed by atoms with E-state index in [-0.39, 0.29) is 6.10 Å². The molecule has 0 radical (unpaired) electrons. The molecule has 1 unspecified atom stereocenters. The Balaban J connectivity index is 1.33. The molecule has 6 heteroatoms. The second-order valence-electron chi connectivity index (χ2n) is 11.5. The number of hydrogen-bond donors (Lipinski definition) is 0. The molecule has 6 rings (SSSR count). The predicted molar refractivity (Wildman–Crippen MR) is 189 cm³/mol. The molecule has 0 saturated carbocycles. The van der Waals surface area contributed by atoms with Gasteiger partial charge in [-0.2, -0.15) is 10.5 Å². The molecule has 0 fully saturated rings. The van der Waals surface area contributed by atoms with Crippen molar-refractivity contribution in [3.63, 3.8) is 0 Å². The van der Waals surface area contributed by atoms with Crippen LogP contribution in [0.25, 0.3) is 44.8 Å². The molecule has 2 aromatic heterocycles. The Hall–Kier alpha value is -6.24. The number of nitrogens with zero attached hydrogens (tertiary/aromatic N) is 4. The minimum Gasteiger partial charge on any atom is -0.477 e. The molecule has 6 nitrogen and oxygen atoms in total. The Kier molecular flexibility index (Phi) is 9.85. The molecule has 0 aliphatic rings. The van der Waals surface area contributed by atoms with E-state index in [9.17, 15) is 10.5 Å². The van der Waals surface area contributed by atoms with E-state index in [4.69, 9.17) is 19.4 Å². The van der Waals surface area contributed by atoms with E-state index in [1.54, 1.807) is 0 Å². The SMILES string of the molecule is CCCOc1nc(-c2cccc(CC(C)Oc3nc(-c4ccccc4)cc(-c4ccccc4)c3C#N)c2)cc(-c2ccccc2)c1C#N. The van der Waals surface area contributed by atoms with Crippen LogP contribution in [0.2, 0.25) is 0 Å². The van der Waals surface area contributed by atoms with Crippen LogP contribution in [0.1, 0.15) is 37.0 Å². The van der Waals surface area contributed by atoms with Gasteiger partial charge in [0.25, 0.3) is 0 Å². The molecule has 0 N–H and O–H groups in total. The summed E-state index contributed by atoms with van der Waals surface area (Å²) in [5, 5.41) is 20.4. The summed E-state index contributed by atoms with van der Waals surface area (Å²) >= 11 is 0. The monoisotopic (exact) mass is 626 g/mol. The highest BCUT2D eigenvalue weighted by atomic mass is 16.5. The molecule has 0 bridgehead atoms. The number of pyridine rings is 2. The van der Waals surface area contributed by atoms with Crippen molar-refractivity contribution in [2.45, 2.75) is 32.8 Å². The average Bonchev–Trinajstić information content (AvgIpc) is 3.14. The Bertz CT molecular complexity index is 2100. The quantitative estimate of drug-likeness (QED) is 0.142. The summed E-state index contributed by atoms with van der Waals surface area (Å²) in [7, 11) is 0. The van der Waals surface area contributed by atoms with Crippen LogP contribution in [0.3, 0.4) is 0 Å². The third kappa shape index (κ3) is 7.09. The van der Waals surface area contributed by atoms with Crippen LogP contribution in [-0.4, -0.2) is 22.7 Å². The summed E-state index contributed by atoms with van der Waals surface area (Å²) < 4.78 is 12.5. The summed E-state index contributed by atoms with van der Waals surface area (Å²) in [5.41, 5.74) is 8.54. The molecule has 6 aromatic rings. The number of aromatic nitrogens is 2. The second kappa shape index (κ2) is 14.9. The fourth-order valence-corrected chi connectivity index (χ4v) is 5.67. The predicted octanol–water partition coefficient (Wildman–Crippen LogP) is 9.69. The van der Waals surface area contributed by atoms with Gasteiger partial charge in [-0.15, -0.1) is 0 Å². The third-order valence-electron chi connectivity index (χ3n) is 7.94. The molecule has 4 aromatic carbocycles. The smallest absolute Gasteiger partial charge is 0.233 e. The van der Waals surface area contributed by atoms with Gasteiger partial charge < -0.3 is 9.47 Å². The van der Waals surface area contributed by atoms with Gasteiger partial charge in [0, 0.05) is 28.7 Å². The lowest BCUT2D eigenvalue weighted by Crippen LogP contribution is -2.17. The summed E-state index contributed by atoms with van der Waals surface area (Å²) in [6.45, 7) is 4.47. The standard InChI is InChI=1S/C42H34N4O2/c1-3-22-47-41-37(27-43)35(31-15-7-4-8-16-31)26-40(45-41)34-21-13-14-30(24-34)23-29(2)48-42-38(28-44)36(32-17-9-5-10-18-32)25-39(46-42)33-19-11-6-12-20-33/h4-21,24-26,29H,3,22-23H2,1-2H3. The van der Waals surface area contributed by atoms with E-state index in [0.717, 1.165) is 51.1 Å². The molecule has 0 aliphatic carbocycles. The molecule has 0 spiro atoms. The Morgan fingerprint density at radius 1 is 0.604 bits per heavy atom. The maximum absolute atomic E-state index is 10.3. The number of nitriles is 2. The molecule has 1 atom stereocenters. The number of hydrogen-bond acceptors (Lipinski definition) is 6. The molecular weight excluding hydrogens is 592 g/mol. The van der Waals surface area contributed by atoms with E-state index in [2.05, 4.69) is 18.2 Å². The van der Waals surface area contributed by atoms with Gasteiger partial charge in [-0.25, -0.2) is 9.97 Å². The van der Waals surface area contributed by atoms with E-state index >= 15 is 0 Å². The zero-order valence-electron chi connectivity index (χ0n) is 26.9. The van der Waals surface area contributed by atoms with Crippen molar-refractivity contribution in [1.82, 2.24) is 9.97 Å². The molecule has 0 aliphatic heterocycles. The normalized spacial score (nSPS) is 11.2. The maximum Gasteiger partial charge on any atom is 0.233 e. The molecule has 2 heterocycles. The van der Waals surface area contributed by atoms with Gasteiger partial charge in [-0.05, 0) is 48.2 Å². The van der Waals surface area contributed by atoms with Gasteiger partial charge in [-0.3, -0.25) is 0 Å². The molecule has 234 valence electrons. The Morgan fingerprint density at radius 2 is 1.10 bits per heavy atom. The van der Waals surface area contributed by atoms with Crippen LogP contribution in [0.5, 0.6) is 11.8 Å². The first-order valence-corrected chi connectivity index (χ1v) is 16.0. The average molecular weight is 627 g/mol. The van der Waals surface area contributed by atoms with E-state index in [1.165, 1.54) is 0 Å². The van der Waals surface area contributed by atoms with E-state index in [1.807, 2.05) is 135 Å². The van der Waals surface area contributed by atoms with Gasteiger partial charge in [0.05, 0.1) is 18.0 Å². The zero-order valence-corrected chi connectivity index (χ0v) is 26.9. The molecule has 0 saturated heterocycles. The zero-order chi connectivity index (χ0) is 33.3. The van der Waals surface area contributed by atoms with Crippen LogP contribution in [0, 0.1) is 22.7 Å². The van der Waals surface area contributed by atoms with Gasteiger partial charge >= 0.3 is 0 Å². The fourth-order valence-electron chi connectivity index (χ4n) is 5.67. The van der Waals surface area contributed by atoms with Gasteiger partial charge in [0.1, 0.15) is 29.4 Å². The van der Waals surface area contributed by atoms with Crippen molar-refractivity contribution in [1.29, 1.82) is 10.5 Å².